The van der Waals surface area contributed by atoms with Gasteiger partial charge < -0.3 is 19.5 Å². The topological polar surface area (TPSA) is 103 Å². The second-order valence-electron chi connectivity index (χ2n) is 4.50. The molecule has 0 amide bonds. The van der Waals surface area contributed by atoms with Crippen molar-refractivity contribution in [2.75, 3.05) is 47.6 Å². The minimum atomic E-state index is -3.74. The monoisotopic (exact) mass is 382 g/mol. The van der Waals surface area contributed by atoms with E-state index >= 15 is 0 Å². The van der Waals surface area contributed by atoms with Crippen LogP contribution in [-0.4, -0.2) is 62.0 Å². The summed E-state index contributed by atoms with van der Waals surface area (Å²) in [5.74, 6) is -0.490. The second kappa shape index (κ2) is 11.2. The molecule has 1 aromatic rings. The summed E-state index contributed by atoms with van der Waals surface area (Å²) in [6.45, 7) is 1.87. The highest BCUT2D eigenvalue weighted by molar-refractivity contribution is 7.89. The fourth-order valence-corrected chi connectivity index (χ4v) is 2.97. The fraction of sp³-hybridized carbons (Fsp3) is 0.500. The summed E-state index contributed by atoms with van der Waals surface area (Å²) in [5.41, 5.74) is 0.213. The zero-order valence-corrected chi connectivity index (χ0v) is 15.5. The van der Waals surface area contributed by atoms with Crippen LogP contribution < -0.4 is 14.8 Å². The van der Waals surface area contributed by atoms with Crippen LogP contribution in [0.5, 0.6) is 5.75 Å². The number of methoxy groups -OCH3 is 3. The largest absolute Gasteiger partial charge is 0.495 e. The maximum Gasteiger partial charge on any atom is 0.337 e. The van der Waals surface area contributed by atoms with Gasteiger partial charge in [0.2, 0.25) is 10.0 Å². The maximum atomic E-state index is 12.3. The molecule has 0 spiro atoms. The van der Waals surface area contributed by atoms with Crippen molar-refractivity contribution in [3.63, 3.8) is 0 Å². The smallest absolute Gasteiger partial charge is 0.337 e. The molecule has 138 valence electrons. The molecule has 0 atom stereocenters. The van der Waals surface area contributed by atoms with E-state index in [1.54, 1.807) is 7.11 Å². The highest BCUT2D eigenvalue weighted by atomic mass is 35.5. The highest BCUT2D eigenvalue weighted by Gasteiger charge is 2.20. The van der Waals surface area contributed by atoms with Crippen LogP contribution in [0.3, 0.4) is 0 Å². The molecule has 0 heterocycles. The zero-order chi connectivity index (χ0) is 17.3. The highest BCUT2D eigenvalue weighted by Crippen LogP contribution is 2.25. The lowest BCUT2D eigenvalue weighted by Gasteiger charge is -2.12. The predicted octanol–water partition coefficient (Wildman–Crippen LogP) is 0.418. The van der Waals surface area contributed by atoms with Crippen LogP contribution in [0.15, 0.2) is 23.1 Å². The number of halogens is 1. The number of benzene rings is 1. The van der Waals surface area contributed by atoms with Gasteiger partial charge in [0.1, 0.15) is 10.6 Å². The van der Waals surface area contributed by atoms with Crippen LogP contribution >= 0.6 is 12.4 Å². The fourth-order valence-electron chi connectivity index (χ4n) is 1.79. The lowest BCUT2D eigenvalue weighted by Crippen LogP contribution is -2.33. The second-order valence-corrected chi connectivity index (χ2v) is 6.23. The van der Waals surface area contributed by atoms with Crippen molar-refractivity contribution in [2.45, 2.75) is 4.90 Å². The van der Waals surface area contributed by atoms with Gasteiger partial charge in [-0.2, -0.15) is 0 Å². The van der Waals surface area contributed by atoms with Gasteiger partial charge in [-0.05, 0) is 18.2 Å². The first-order chi connectivity index (χ1) is 11.0. The summed E-state index contributed by atoms with van der Waals surface area (Å²) in [7, 11) is 0.431. The summed E-state index contributed by atoms with van der Waals surface area (Å²) >= 11 is 0. The van der Waals surface area contributed by atoms with Gasteiger partial charge in [0, 0.05) is 26.7 Å². The molecule has 2 N–H and O–H groups in total. The van der Waals surface area contributed by atoms with Crippen LogP contribution in [0, 0.1) is 0 Å². The lowest BCUT2D eigenvalue weighted by atomic mass is 10.2. The number of nitrogens with one attached hydrogen (secondary N) is 2. The SMILES string of the molecule is COCCNCCNS(=O)(=O)c1ccc(C(=O)OC)cc1OC.Cl. The van der Waals surface area contributed by atoms with Crippen LogP contribution in [0.1, 0.15) is 10.4 Å². The third-order valence-electron chi connectivity index (χ3n) is 2.95. The molecule has 24 heavy (non-hydrogen) atoms. The van der Waals surface area contributed by atoms with E-state index in [4.69, 9.17) is 9.47 Å². The van der Waals surface area contributed by atoms with Gasteiger partial charge in [-0.15, -0.1) is 12.4 Å². The van der Waals surface area contributed by atoms with Crippen molar-refractivity contribution in [2.24, 2.45) is 0 Å². The van der Waals surface area contributed by atoms with Crippen molar-refractivity contribution in [3.8, 4) is 5.75 Å². The maximum absolute atomic E-state index is 12.3. The standard InChI is InChI=1S/C14H22N2O6S.ClH/c1-20-9-8-15-6-7-16-23(18,19)13-5-4-11(14(17)22-3)10-12(13)21-2;/h4-5,10,15-16H,6-9H2,1-3H3;1H. The first-order valence-corrected chi connectivity index (χ1v) is 8.40. The normalized spacial score (nSPS) is 10.8. The van der Waals surface area contributed by atoms with E-state index in [9.17, 15) is 13.2 Å². The summed E-state index contributed by atoms with van der Waals surface area (Å²) in [4.78, 5) is 11.4. The van der Waals surface area contributed by atoms with Crippen molar-refractivity contribution in [1.82, 2.24) is 10.0 Å². The van der Waals surface area contributed by atoms with Crippen molar-refractivity contribution < 1.29 is 27.4 Å². The van der Waals surface area contributed by atoms with Gasteiger partial charge in [-0.25, -0.2) is 17.9 Å². The Morgan fingerprint density at radius 3 is 2.42 bits per heavy atom. The number of esters is 1. The molecule has 0 aliphatic rings. The molecule has 0 radical (unpaired) electrons. The molecule has 8 nitrogen and oxygen atoms in total. The Labute approximate surface area is 148 Å². The average molecular weight is 383 g/mol. The Hall–Kier alpha value is -1.39. The number of hydrogen-bond acceptors (Lipinski definition) is 7. The van der Waals surface area contributed by atoms with E-state index < -0.39 is 16.0 Å². The van der Waals surface area contributed by atoms with E-state index in [0.717, 1.165) is 0 Å². The Morgan fingerprint density at radius 2 is 1.83 bits per heavy atom. The number of sulfonamides is 1. The van der Waals surface area contributed by atoms with Gasteiger partial charge in [0.15, 0.2) is 0 Å². The van der Waals surface area contributed by atoms with Crippen molar-refractivity contribution in [1.29, 1.82) is 0 Å². The Morgan fingerprint density at radius 1 is 1.12 bits per heavy atom. The van der Waals surface area contributed by atoms with Crippen LogP contribution in [0.4, 0.5) is 0 Å². The van der Waals surface area contributed by atoms with Gasteiger partial charge >= 0.3 is 5.97 Å². The van der Waals surface area contributed by atoms with Gasteiger partial charge in [-0.3, -0.25) is 0 Å². The minimum Gasteiger partial charge on any atom is -0.495 e. The molecule has 0 saturated heterocycles. The van der Waals surface area contributed by atoms with Crippen molar-refractivity contribution >= 4 is 28.4 Å². The first-order valence-electron chi connectivity index (χ1n) is 6.92. The third-order valence-corrected chi connectivity index (χ3v) is 4.45. The number of rotatable bonds is 10. The van der Waals surface area contributed by atoms with Crippen LogP contribution in [-0.2, 0) is 19.5 Å². The number of ether oxygens (including phenoxy) is 3. The number of carbonyl (C=O) groups excluding carboxylic acids is 1. The summed E-state index contributed by atoms with van der Waals surface area (Å²) in [6.07, 6.45) is 0. The molecule has 0 aliphatic carbocycles. The lowest BCUT2D eigenvalue weighted by molar-refractivity contribution is 0.0600. The molecule has 0 aliphatic heterocycles. The van der Waals surface area contributed by atoms with Gasteiger partial charge in [-0.1, -0.05) is 0 Å². The zero-order valence-electron chi connectivity index (χ0n) is 13.8. The minimum absolute atomic E-state index is 0. The molecule has 0 fully saturated rings. The quantitative estimate of drug-likeness (QED) is 0.446. The first kappa shape index (κ1) is 22.6. The van der Waals surface area contributed by atoms with Gasteiger partial charge in [0.05, 0.1) is 26.4 Å². The van der Waals surface area contributed by atoms with E-state index in [2.05, 4.69) is 14.8 Å². The molecule has 0 bridgehead atoms. The molecule has 1 aromatic carbocycles. The Kier molecular flexibility index (Phi) is 10.6. The Balaban J connectivity index is 0.00000529. The summed E-state index contributed by atoms with van der Waals surface area (Å²) < 4.78 is 41.6. The predicted molar refractivity (Wildman–Crippen MR) is 91.5 cm³/mol. The molecule has 0 saturated carbocycles. The van der Waals surface area contributed by atoms with Crippen molar-refractivity contribution in [3.05, 3.63) is 23.8 Å². The number of hydrogen-bond donors (Lipinski definition) is 2. The molecule has 1 rings (SSSR count). The molecular weight excluding hydrogens is 360 g/mol. The summed E-state index contributed by atoms with van der Waals surface area (Å²) in [6, 6.07) is 4.02. The van der Waals surface area contributed by atoms with E-state index in [1.807, 2.05) is 0 Å². The molecular formula is C14H23ClN2O6S. The van der Waals surface area contributed by atoms with E-state index in [1.165, 1.54) is 32.4 Å². The summed E-state index contributed by atoms with van der Waals surface area (Å²) in [5, 5.41) is 3.03. The van der Waals surface area contributed by atoms with E-state index in [-0.39, 0.29) is 35.2 Å². The van der Waals surface area contributed by atoms with Crippen LogP contribution in [0.25, 0.3) is 0 Å². The number of carbonyl (C=O) groups is 1. The molecule has 0 aromatic heterocycles. The van der Waals surface area contributed by atoms with Crippen LogP contribution in [0.2, 0.25) is 0 Å². The molecule has 0 unspecified atom stereocenters. The molecule has 10 heteroatoms. The average Bonchev–Trinajstić information content (AvgIpc) is 2.56. The third kappa shape index (κ3) is 6.62. The van der Waals surface area contributed by atoms with E-state index in [0.29, 0.717) is 19.7 Å². The van der Waals surface area contributed by atoms with Gasteiger partial charge in [0.25, 0.3) is 0 Å². The Bertz CT molecular complexity index is 624.